The van der Waals surface area contributed by atoms with E-state index in [1.165, 1.54) is 0 Å². The maximum absolute atomic E-state index is 13.1. The molecule has 0 aliphatic heterocycles. The maximum Gasteiger partial charge on any atom is 0.196 e. The number of ether oxygens (including phenoxy) is 1. The lowest BCUT2D eigenvalue weighted by Crippen LogP contribution is -2.30. The monoisotopic (exact) mass is 373 g/mol. The number of fused-ring (bicyclic) bond motifs is 1. The summed E-state index contributed by atoms with van der Waals surface area (Å²) in [6.07, 6.45) is 0.593. The van der Waals surface area contributed by atoms with Gasteiger partial charge < -0.3 is 14.9 Å². The molecule has 26 heavy (non-hydrogen) atoms. The van der Waals surface area contributed by atoms with Crippen LogP contribution in [-0.4, -0.2) is 7.11 Å². The van der Waals surface area contributed by atoms with Crippen LogP contribution in [0.3, 0.4) is 0 Å². The Balaban J connectivity index is 0.00000243. The van der Waals surface area contributed by atoms with Crippen LogP contribution in [0.1, 0.15) is 31.9 Å². The summed E-state index contributed by atoms with van der Waals surface area (Å²) >= 11 is 0. The SMILES string of the molecule is CCc1c(-c2ccccc2)oc2c(C(C)(C)N)c(OC)ccc2c1=O.Cl. The predicted molar refractivity (Wildman–Crippen MR) is 108 cm³/mol. The van der Waals surface area contributed by atoms with Crippen LogP contribution in [0.25, 0.3) is 22.3 Å². The molecule has 0 unspecified atom stereocenters. The van der Waals surface area contributed by atoms with Crippen molar-refractivity contribution in [2.45, 2.75) is 32.7 Å². The first-order valence-electron chi connectivity index (χ1n) is 8.40. The normalized spacial score (nSPS) is 11.3. The van der Waals surface area contributed by atoms with Gasteiger partial charge in [-0.2, -0.15) is 0 Å². The number of halogens is 1. The maximum atomic E-state index is 13.1. The van der Waals surface area contributed by atoms with E-state index < -0.39 is 5.54 Å². The molecule has 0 bridgehead atoms. The fourth-order valence-electron chi connectivity index (χ4n) is 3.20. The highest BCUT2D eigenvalue weighted by molar-refractivity contribution is 5.86. The summed E-state index contributed by atoms with van der Waals surface area (Å²) < 4.78 is 11.8. The van der Waals surface area contributed by atoms with E-state index in [0.29, 0.717) is 40.0 Å². The lowest BCUT2D eigenvalue weighted by molar-refractivity contribution is 0.393. The Hall–Kier alpha value is -2.30. The molecule has 3 rings (SSSR count). The first-order chi connectivity index (χ1) is 11.9. The summed E-state index contributed by atoms with van der Waals surface area (Å²) in [6.45, 7) is 5.71. The van der Waals surface area contributed by atoms with E-state index in [1.807, 2.05) is 51.1 Å². The van der Waals surface area contributed by atoms with Gasteiger partial charge in [-0.25, -0.2) is 0 Å². The molecule has 0 amide bonds. The Morgan fingerprint density at radius 3 is 2.31 bits per heavy atom. The molecule has 0 spiro atoms. The van der Waals surface area contributed by atoms with Crippen molar-refractivity contribution in [3.05, 3.63) is 63.8 Å². The third kappa shape index (κ3) is 3.35. The Morgan fingerprint density at radius 1 is 1.12 bits per heavy atom. The van der Waals surface area contributed by atoms with E-state index in [0.717, 1.165) is 5.56 Å². The van der Waals surface area contributed by atoms with Crippen molar-refractivity contribution < 1.29 is 9.15 Å². The molecule has 1 heterocycles. The van der Waals surface area contributed by atoms with E-state index in [9.17, 15) is 4.79 Å². The molecule has 0 aliphatic rings. The lowest BCUT2D eigenvalue weighted by atomic mass is 9.91. The average Bonchev–Trinajstić information content (AvgIpc) is 2.60. The number of hydrogen-bond donors (Lipinski definition) is 1. The zero-order valence-electron chi connectivity index (χ0n) is 15.5. The Kier molecular flexibility index (Phi) is 5.79. The van der Waals surface area contributed by atoms with Crippen molar-refractivity contribution in [1.82, 2.24) is 0 Å². The van der Waals surface area contributed by atoms with Gasteiger partial charge in [-0.05, 0) is 32.4 Å². The summed E-state index contributed by atoms with van der Waals surface area (Å²) in [4.78, 5) is 13.1. The van der Waals surface area contributed by atoms with Gasteiger partial charge in [0.1, 0.15) is 17.1 Å². The molecular formula is C21H24ClNO3. The van der Waals surface area contributed by atoms with Crippen molar-refractivity contribution in [2.24, 2.45) is 5.73 Å². The lowest BCUT2D eigenvalue weighted by Gasteiger charge is -2.23. The highest BCUT2D eigenvalue weighted by Gasteiger charge is 2.27. The van der Waals surface area contributed by atoms with Gasteiger partial charge in [-0.15, -0.1) is 12.4 Å². The average molecular weight is 374 g/mol. The molecule has 2 N–H and O–H groups in total. The number of rotatable bonds is 4. The first-order valence-corrected chi connectivity index (χ1v) is 8.40. The van der Waals surface area contributed by atoms with E-state index in [-0.39, 0.29) is 17.8 Å². The highest BCUT2D eigenvalue weighted by atomic mass is 35.5. The predicted octanol–water partition coefficient (Wildman–Crippen LogP) is 4.65. The van der Waals surface area contributed by atoms with Gasteiger partial charge in [0, 0.05) is 16.7 Å². The van der Waals surface area contributed by atoms with Crippen molar-refractivity contribution in [3.63, 3.8) is 0 Å². The van der Waals surface area contributed by atoms with Gasteiger partial charge in [-0.3, -0.25) is 4.79 Å². The van der Waals surface area contributed by atoms with Crippen molar-refractivity contribution in [1.29, 1.82) is 0 Å². The van der Waals surface area contributed by atoms with Crippen LogP contribution in [-0.2, 0) is 12.0 Å². The van der Waals surface area contributed by atoms with Crippen LogP contribution in [0.4, 0.5) is 0 Å². The van der Waals surface area contributed by atoms with Crippen molar-refractivity contribution >= 4 is 23.4 Å². The third-order valence-electron chi connectivity index (χ3n) is 4.37. The summed E-state index contributed by atoms with van der Waals surface area (Å²) in [5.41, 5.74) is 8.37. The van der Waals surface area contributed by atoms with Gasteiger partial charge in [0.2, 0.25) is 0 Å². The smallest absolute Gasteiger partial charge is 0.196 e. The molecule has 4 nitrogen and oxygen atoms in total. The second kappa shape index (κ2) is 7.52. The van der Waals surface area contributed by atoms with Crippen LogP contribution in [0.15, 0.2) is 51.7 Å². The van der Waals surface area contributed by atoms with Gasteiger partial charge in [-0.1, -0.05) is 37.3 Å². The molecule has 0 saturated heterocycles. The number of benzene rings is 2. The van der Waals surface area contributed by atoms with Crippen LogP contribution >= 0.6 is 12.4 Å². The Bertz CT molecular complexity index is 972. The highest BCUT2D eigenvalue weighted by Crippen LogP contribution is 2.36. The standard InChI is InChI=1S/C21H23NO3.ClH/c1-5-14-18(23)15-11-12-16(24-4)17(21(2,3)22)20(15)25-19(14)13-9-7-6-8-10-13;/h6-12H,5,22H2,1-4H3;1H. The second-order valence-electron chi connectivity index (χ2n) is 6.70. The molecule has 0 saturated carbocycles. The number of methoxy groups -OCH3 is 1. The van der Waals surface area contributed by atoms with Crippen LogP contribution in [0, 0.1) is 0 Å². The van der Waals surface area contributed by atoms with Gasteiger partial charge in [0.05, 0.1) is 18.1 Å². The molecule has 3 aromatic rings. The van der Waals surface area contributed by atoms with E-state index in [4.69, 9.17) is 14.9 Å². The van der Waals surface area contributed by atoms with Crippen LogP contribution in [0.2, 0.25) is 0 Å². The molecule has 0 atom stereocenters. The summed E-state index contributed by atoms with van der Waals surface area (Å²) in [7, 11) is 1.59. The van der Waals surface area contributed by atoms with Crippen LogP contribution < -0.4 is 15.9 Å². The summed E-state index contributed by atoms with van der Waals surface area (Å²) in [5, 5.41) is 0.533. The first kappa shape index (κ1) is 20.0. The molecule has 2 aromatic carbocycles. The van der Waals surface area contributed by atoms with Crippen LogP contribution in [0.5, 0.6) is 5.75 Å². The minimum atomic E-state index is -0.720. The van der Waals surface area contributed by atoms with Crippen molar-refractivity contribution in [2.75, 3.05) is 7.11 Å². The summed E-state index contributed by atoms with van der Waals surface area (Å²) in [6, 6.07) is 13.2. The van der Waals surface area contributed by atoms with Gasteiger partial charge in [0.15, 0.2) is 5.43 Å². The molecule has 0 fully saturated rings. The topological polar surface area (TPSA) is 65.5 Å². The van der Waals surface area contributed by atoms with E-state index in [1.54, 1.807) is 19.2 Å². The zero-order valence-corrected chi connectivity index (χ0v) is 16.3. The number of hydrogen-bond acceptors (Lipinski definition) is 4. The van der Waals surface area contributed by atoms with E-state index in [2.05, 4.69) is 0 Å². The molecule has 1 aromatic heterocycles. The van der Waals surface area contributed by atoms with Crippen molar-refractivity contribution in [3.8, 4) is 17.1 Å². The fourth-order valence-corrected chi connectivity index (χ4v) is 3.20. The minimum absolute atomic E-state index is 0. The van der Waals surface area contributed by atoms with E-state index >= 15 is 0 Å². The minimum Gasteiger partial charge on any atom is -0.496 e. The quantitative estimate of drug-likeness (QED) is 0.723. The molecule has 138 valence electrons. The molecule has 0 radical (unpaired) electrons. The molecular weight excluding hydrogens is 350 g/mol. The van der Waals surface area contributed by atoms with Gasteiger partial charge in [0.25, 0.3) is 0 Å². The fraction of sp³-hybridized carbons (Fsp3) is 0.286. The number of nitrogens with two attached hydrogens (primary N) is 1. The largest absolute Gasteiger partial charge is 0.496 e. The molecule has 5 heteroatoms. The Morgan fingerprint density at radius 2 is 1.77 bits per heavy atom. The summed E-state index contributed by atoms with van der Waals surface area (Å²) in [5.74, 6) is 1.21. The Labute approximate surface area is 159 Å². The zero-order chi connectivity index (χ0) is 18.2. The third-order valence-corrected chi connectivity index (χ3v) is 4.37. The molecule has 0 aliphatic carbocycles. The van der Waals surface area contributed by atoms with Gasteiger partial charge >= 0.3 is 0 Å². The second-order valence-corrected chi connectivity index (χ2v) is 6.70.